The van der Waals surface area contributed by atoms with Crippen molar-refractivity contribution in [2.45, 2.75) is 97.3 Å². The van der Waals surface area contributed by atoms with E-state index in [0.717, 1.165) is 30.2 Å². The van der Waals surface area contributed by atoms with Crippen molar-refractivity contribution in [3.8, 4) is 11.1 Å². The molecule has 1 fully saturated rings. The summed E-state index contributed by atoms with van der Waals surface area (Å²) in [5.74, 6) is -0.457. The Balaban J connectivity index is 1.39. The van der Waals surface area contributed by atoms with E-state index < -0.39 is 17.5 Å². The van der Waals surface area contributed by atoms with Gasteiger partial charge in [-0.05, 0) is 60.6 Å². The van der Waals surface area contributed by atoms with E-state index in [4.69, 9.17) is 0 Å². The lowest BCUT2D eigenvalue weighted by Crippen LogP contribution is -2.15. The third-order valence-electron chi connectivity index (χ3n) is 8.22. The van der Waals surface area contributed by atoms with Crippen LogP contribution in [-0.2, 0) is 12.8 Å². The Morgan fingerprint density at radius 2 is 1.41 bits per heavy atom. The highest BCUT2D eigenvalue weighted by atomic mass is 19.2. The van der Waals surface area contributed by atoms with Crippen molar-refractivity contribution >= 4 is 6.08 Å². The van der Waals surface area contributed by atoms with E-state index in [1.807, 2.05) is 6.07 Å². The summed E-state index contributed by atoms with van der Waals surface area (Å²) >= 11 is 0. The van der Waals surface area contributed by atoms with Crippen LogP contribution in [0.15, 0.2) is 29.8 Å². The van der Waals surface area contributed by atoms with E-state index in [1.54, 1.807) is 19.1 Å². The van der Waals surface area contributed by atoms with E-state index in [2.05, 4.69) is 13.0 Å². The molecule has 4 rings (SSSR count). The first-order valence-corrected chi connectivity index (χ1v) is 13.5. The molecule has 2 aliphatic rings. The first-order chi connectivity index (χ1) is 16.5. The summed E-state index contributed by atoms with van der Waals surface area (Å²) in [6, 6.07) is 6.55. The van der Waals surface area contributed by atoms with Gasteiger partial charge >= 0.3 is 0 Å². The first-order valence-electron chi connectivity index (χ1n) is 13.5. The second kappa shape index (κ2) is 11.6. The molecule has 0 radical (unpaired) electrons. The van der Waals surface area contributed by atoms with Gasteiger partial charge in [-0.2, -0.15) is 0 Å². The predicted molar refractivity (Wildman–Crippen MR) is 136 cm³/mol. The molecule has 184 valence electrons. The van der Waals surface area contributed by atoms with Gasteiger partial charge in [-0.3, -0.25) is 0 Å². The monoisotopic (exact) mass is 468 g/mol. The number of benzene rings is 2. The summed E-state index contributed by atoms with van der Waals surface area (Å²) in [5, 5.41) is 0. The van der Waals surface area contributed by atoms with Gasteiger partial charge in [0.1, 0.15) is 5.82 Å². The number of hydrogen-bond donors (Lipinski definition) is 0. The van der Waals surface area contributed by atoms with E-state index in [0.29, 0.717) is 24.0 Å². The van der Waals surface area contributed by atoms with Crippen molar-refractivity contribution < 1.29 is 13.2 Å². The number of unbranched alkanes of at least 4 members (excludes halogenated alkanes) is 2. The van der Waals surface area contributed by atoms with Crippen LogP contribution in [0.5, 0.6) is 0 Å². The van der Waals surface area contributed by atoms with Gasteiger partial charge in [0.15, 0.2) is 11.6 Å². The maximum Gasteiger partial charge on any atom is 0.167 e. The maximum absolute atomic E-state index is 15.4. The second-order valence-electron chi connectivity index (χ2n) is 10.5. The highest BCUT2D eigenvalue weighted by Crippen LogP contribution is 2.38. The van der Waals surface area contributed by atoms with Gasteiger partial charge in [-0.15, -0.1) is 0 Å². The maximum atomic E-state index is 15.4. The molecule has 1 saturated carbocycles. The van der Waals surface area contributed by atoms with Crippen molar-refractivity contribution in [1.29, 1.82) is 0 Å². The lowest BCUT2D eigenvalue weighted by atomic mass is 9.77. The summed E-state index contributed by atoms with van der Waals surface area (Å²) in [6.45, 7) is 4.05. The predicted octanol–water partition coefficient (Wildman–Crippen LogP) is 9.83. The first kappa shape index (κ1) is 25.1. The molecule has 0 bridgehead atoms. The van der Waals surface area contributed by atoms with Crippen LogP contribution < -0.4 is 0 Å². The van der Waals surface area contributed by atoms with Crippen molar-refractivity contribution in [3.63, 3.8) is 0 Å². The fraction of sp³-hybridized carbons (Fsp3) is 0.548. The van der Waals surface area contributed by atoms with E-state index in [-0.39, 0.29) is 11.1 Å². The molecular weight excluding hydrogens is 429 g/mol. The minimum absolute atomic E-state index is 0.00933. The molecule has 2 aromatic carbocycles. The van der Waals surface area contributed by atoms with E-state index in [1.165, 1.54) is 69.4 Å². The van der Waals surface area contributed by atoms with Crippen LogP contribution in [-0.4, -0.2) is 0 Å². The molecule has 0 spiro atoms. The fourth-order valence-electron chi connectivity index (χ4n) is 5.96. The number of halogens is 3. The standard InChI is InChI=1S/C31H39F3/c1-3-5-6-7-21-8-10-22(11-9-21)12-13-23-14-17-26-25(20-23)16-19-27(30(26)33)28-18-15-24(4-2)29(32)31(28)34/h15-16,18-22H,3-14,17H2,1-2H3. The van der Waals surface area contributed by atoms with Gasteiger partial charge < -0.3 is 0 Å². The smallest absolute Gasteiger partial charge is 0.167 e. The molecule has 0 saturated heterocycles. The minimum atomic E-state index is -0.953. The molecule has 2 aromatic rings. The topological polar surface area (TPSA) is 0 Å². The largest absolute Gasteiger partial charge is 0.206 e. The number of allylic oxidation sites excluding steroid dienone is 1. The molecule has 0 heterocycles. The molecule has 0 unspecified atom stereocenters. The number of aryl methyl sites for hydroxylation is 1. The molecule has 0 aliphatic heterocycles. The van der Waals surface area contributed by atoms with Crippen molar-refractivity contribution in [3.05, 3.63) is 64.0 Å². The quantitative estimate of drug-likeness (QED) is 0.321. The molecule has 0 aromatic heterocycles. The van der Waals surface area contributed by atoms with Crippen molar-refractivity contribution in [2.24, 2.45) is 11.8 Å². The average Bonchev–Trinajstić information content (AvgIpc) is 2.86. The van der Waals surface area contributed by atoms with Gasteiger partial charge in [-0.1, -0.05) is 101 Å². The summed E-state index contributed by atoms with van der Waals surface area (Å²) in [7, 11) is 0. The van der Waals surface area contributed by atoms with Crippen LogP contribution in [0.4, 0.5) is 13.2 Å². The average molecular weight is 469 g/mol. The molecule has 0 nitrogen and oxygen atoms in total. The summed E-state index contributed by atoms with van der Waals surface area (Å²) < 4.78 is 44.3. The van der Waals surface area contributed by atoms with Crippen LogP contribution >= 0.6 is 0 Å². The second-order valence-corrected chi connectivity index (χ2v) is 10.5. The Labute approximate surface area is 203 Å². The highest BCUT2D eigenvalue weighted by Gasteiger charge is 2.24. The summed E-state index contributed by atoms with van der Waals surface area (Å²) in [5.41, 5.74) is 3.41. The van der Waals surface area contributed by atoms with Crippen LogP contribution in [0.1, 0.15) is 101 Å². The molecule has 0 N–H and O–H groups in total. The van der Waals surface area contributed by atoms with Gasteiger partial charge in [-0.25, -0.2) is 13.2 Å². The zero-order valence-electron chi connectivity index (χ0n) is 20.9. The zero-order valence-corrected chi connectivity index (χ0v) is 20.9. The Hall–Kier alpha value is -2.03. The number of fused-ring (bicyclic) bond motifs is 1. The Morgan fingerprint density at radius 1 is 0.735 bits per heavy atom. The van der Waals surface area contributed by atoms with Crippen molar-refractivity contribution in [1.82, 2.24) is 0 Å². The fourth-order valence-corrected chi connectivity index (χ4v) is 5.96. The van der Waals surface area contributed by atoms with Crippen LogP contribution in [0.2, 0.25) is 0 Å². The third kappa shape index (κ3) is 5.61. The molecular formula is C31H39F3. The third-order valence-corrected chi connectivity index (χ3v) is 8.22. The molecule has 0 atom stereocenters. The Kier molecular flexibility index (Phi) is 8.55. The van der Waals surface area contributed by atoms with Crippen LogP contribution in [0, 0.1) is 29.3 Å². The van der Waals surface area contributed by atoms with E-state index >= 15 is 4.39 Å². The van der Waals surface area contributed by atoms with E-state index in [9.17, 15) is 8.78 Å². The Bertz CT molecular complexity index is 1010. The summed E-state index contributed by atoms with van der Waals surface area (Å²) in [4.78, 5) is 0. The zero-order chi connectivity index (χ0) is 24.1. The Morgan fingerprint density at radius 3 is 2.12 bits per heavy atom. The minimum Gasteiger partial charge on any atom is -0.206 e. The normalized spacial score (nSPS) is 20.2. The number of rotatable bonds is 9. The van der Waals surface area contributed by atoms with Gasteiger partial charge in [0.05, 0.1) is 0 Å². The van der Waals surface area contributed by atoms with Crippen molar-refractivity contribution in [2.75, 3.05) is 0 Å². The van der Waals surface area contributed by atoms with Gasteiger partial charge in [0.2, 0.25) is 0 Å². The highest BCUT2D eigenvalue weighted by molar-refractivity contribution is 5.71. The lowest BCUT2D eigenvalue weighted by molar-refractivity contribution is 0.249. The van der Waals surface area contributed by atoms with Gasteiger partial charge in [0.25, 0.3) is 0 Å². The SMILES string of the molecule is CCCCCC1CCC(CCC2=Cc3ccc(-c4ccc(CC)c(F)c4F)c(F)c3CC2)CC1. The molecule has 34 heavy (non-hydrogen) atoms. The molecule has 2 aliphatic carbocycles. The number of hydrogen-bond acceptors (Lipinski definition) is 0. The van der Waals surface area contributed by atoms with Crippen LogP contribution in [0.3, 0.4) is 0 Å². The molecule has 3 heteroatoms. The molecule has 0 amide bonds. The summed E-state index contributed by atoms with van der Waals surface area (Å²) in [6.07, 6.45) is 17.3. The van der Waals surface area contributed by atoms with Crippen LogP contribution in [0.25, 0.3) is 17.2 Å². The lowest BCUT2D eigenvalue weighted by Gasteiger charge is -2.29. The van der Waals surface area contributed by atoms with Gasteiger partial charge in [0, 0.05) is 11.1 Å².